The number of rotatable bonds is 8. The molecule has 1 amide bonds. The predicted molar refractivity (Wildman–Crippen MR) is 195 cm³/mol. The number of aliphatic hydroxyl groups is 2. The van der Waals surface area contributed by atoms with E-state index in [1.54, 1.807) is 7.11 Å². The summed E-state index contributed by atoms with van der Waals surface area (Å²) in [6, 6.07) is 7.47. The van der Waals surface area contributed by atoms with Gasteiger partial charge in [-0.2, -0.15) is 0 Å². The lowest BCUT2D eigenvalue weighted by Crippen LogP contribution is -2.67. The maximum Gasteiger partial charge on any atom is 0.409 e. The summed E-state index contributed by atoms with van der Waals surface area (Å²) in [6.45, 7) is 7.85. The number of carbonyl (C=O) groups excluding carboxylic acids is 2. The number of methoxy groups -OCH3 is 1. The van der Waals surface area contributed by atoms with Crippen molar-refractivity contribution in [2.45, 2.75) is 116 Å². The number of aliphatic hydroxyl groups excluding tert-OH is 1. The van der Waals surface area contributed by atoms with E-state index in [2.05, 4.69) is 32.1 Å². The molecule has 2 N–H and O–H groups in total. The number of amides is 1. The van der Waals surface area contributed by atoms with E-state index in [4.69, 9.17) is 9.47 Å². The molecule has 10 aliphatic carbocycles. The summed E-state index contributed by atoms with van der Waals surface area (Å²) in [5.41, 5.74) is -1.00. The van der Waals surface area contributed by atoms with Gasteiger partial charge in [0.1, 0.15) is 5.75 Å². The average molecular weight is 698 g/mol. The first kappa shape index (κ1) is 34.1. The van der Waals surface area contributed by atoms with Crippen LogP contribution in [0.25, 0.3) is 0 Å². The molecule has 0 saturated heterocycles. The van der Waals surface area contributed by atoms with E-state index < -0.39 is 22.5 Å². The second-order valence-electron chi connectivity index (χ2n) is 19.3. The van der Waals surface area contributed by atoms with E-state index >= 15 is 0 Å². The lowest BCUT2D eigenvalue weighted by molar-refractivity contribution is -0.177. The lowest BCUT2D eigenvalue weighted by Gasteiger charge is -2.71. The molecule has 276 valence electrons. The number of ether oxygens (including phenoxy) is 2. The van der Waals surface area contributed by atoms with Crippen molar-refractivity contribution in [2.24, 2.45) is 56.7 Å². The van der Waals surface area contributed by atoms with E-state index in [9.17, 15) is 19.8 Å². The average Bonchev–Trinajstić information content (AvgIpc) is 3.37. The minimum Gasteiger partial charge on any atom is -0.497 e. The number of fused-ring (bicyclic) bond motifs is 1. The SMILES string of the molecule is CCOC(=O)N(CC12CC3CC(CC(C3)C1)C2)CC1(O)CCC2C34C=CC5(C=C3C(=O)c3ccc(OC)cc3)CC(O)CCC5(C)C4CCC21C. The summed E-state index contributed by atoms with van der Waals surface area (Å²) in [5, 5.41) is 24.2. The van der Waals surface area contributed by atoms with Crippen molar-refractivity contribution in [3.63, 3.8) is 0 Å². The second kappa shape index (κ2) is 11.4. The van der Waals surface area contributed by atoms with Gasteiger partial charge in [0.15, 0.2) is 5.78 Å². The number of benzene rings is 1. The first-order valence-corrected chi connectivity index (χ1v) is 20.3. The van der Waals surface area contributed by atoms with Gasteiger partial charge in [-0.1, -0.05) is 32.1 Å². The molecule has 51 heavy (non-hydrogen) atoms. The van der Waals surface area contributed by atoms with E-state index in [-0.39, 0.29) is 46.5 Å². The quantitative estimate of drug-likeness (QED) is 0.210. The number of allylic oxidation sites excluding steroid dienone is 4. The molecule has 0 heterocycles. The fourth-order valence-electron chi connectivity index (χ4n) is 15.1. The molecule has 2 spiro atoms. The summed E-state index contributed by atoms with van der Waals surface area (Å²) in [5.74, 6) is 3.34. The Labute approximate surface area is 304 Å². The van der Waals surface area contributed by atoms with Gasteiger partial charge in [-0.3, -0.25) is 4.79 Å². The van der Waals surface area contributed by atoms with Gasteiger partial charge in [0.05, 0.1) is 32.0 Å². The van der Waals surface area contributed by atoms with Crippen molar-refractivity contribution < 1.29 is 29.3 Å². The van der Waals surface area contributed by atoms with Crippen LogP contribution in [0.4, 0.5) is 4.79 Å². The van der Waals surface area contributed by atoms with Crippen LogP contribution in [0.15, 0.2) is 48.1 Å². The molecule has 0 aromatic heterocycles. The number of carbonyl (C=O) groups is 2. The van der Waals surface area contributed by atoms with Crippen molar-refractivity contribution in [3.8, 4) is 5.75 Å². The summed E-state index contributed by atoms with van der Waals surface area (Å²) in [6.07, 6.45) is 19.4. The standard InChI is InChI=1S/C44H59NO6/c1-5-51-38(48)45(26-41-21-28-18-29(22-41)20-30(19-28)23-41)27-43(49)15-12-36-40(43,3)14-11-35-39(2)13-10-32(46)24-42(39)16-17-44(35,36)34(25-42)37(47)31-6-8-33(50-4)9-7-31/h6-9,16-17,25,28-30,32,35-36,46,49H,5,10-15,18-24,26-27H2,1-4H3. The van der Waals surface area contributed by atoms with Gasteiger partial charge in [-0.05, 0) is 155 Å². The van der Waals surface area contributed by atoms with Gasteiger partial charge >= 0.3 is 6.09 Å². The molecular formula is C44H59NO6. The molecule has 0 radical (unpaired) electrons. The zero-order valence-corrected chi connectivity index (χ0v) is 31.3. The molecule has 8 atom stereocenters. The molecule has 8 unspecified atom stereocenters. The van der Waals surface area contributed by atoms with Crippen LogP contribution >= 0.6 is 0 Å². The highest BCUT2D eigenvalue weighted by Gasteiger charge is 2.74. The van der Waals surface area contributed by atoms with Crippen LogP contribution in [-0.2, 0) is 4.74 Å². The zero-order valence-electron chi connectivity index (χ0n) is 31.3. The monoisotopic (exact) mass is 697 g/mol. The fourth-order valence-corrected chi connectivity index (χ4v) is 15.1. The molecule has 11 rings (SSSR count). The fraction of sp³-hybridized carbons (Fsp3) is 0.727. The van der Waals surface area contributed by atoms with Crippen molar-refractivity contribution in [3.05, 3.63) is 53.6 Å². The number of hydrogen-bond donors (Lipinski definition) is 2. The van der Waals surface area contributed by atoms with E-state index in [1.807, 2.05) is 36.1 Å². The molecule has 10 aliphatic rings. The molecule has 1 aromatic carbocycles. The van der Waals surface area contributed by atoms with Gasteiger partial charge in [0.2, 0.25) is 0 Å². The van der Waals surface area contributed by atoms with E-state index in [0.717, 1.165) is 55.4 Å². The number of ketones is 1. The van der Waals surface area contributed by atoms with Crippen LogP contribution in [0.3, 0.4) is 0 Å². The summed E-state index contributed by atoms with van der Waals surface area (Å²) in [4.78, 5) is 30.7. The summed E-state index contributed by atoms with van der Waals surface area (Å²) >= 11 is 0. The van der Waals surface area contributed by atoms with Crippen LogP contribution < -0.4 is 4.74 Å². The normalized spacial score (nSPS) is 46.9. The Hall–Kier alpha value is -2.64. The van der Waals surface area contributed by atoms with Crippen molar-refractivity contribution >= 4 is 11.9 Å². The Balaban J connectivity index is 1.09. The van der Waals surface area contributed by atoms with Gasteiger partial charge < -0.3 is 24.6 Å². The Bertz CT molecular complexity index is 1630. The molecule has 1 aromatic rings. The van der Waals surface area contributed by atoms with Crippen LogP contribution in [0.2, 0.25) is 0 Å². The highest BCUT2D eigenvalue weighted by atomic mass is 16.6. The molecule has 0 aliphatic heterocycles. The Morgan fingerprint density at radius 1 is 0.843 bits per heavy atom. The van der Waals surface area contributed by atoms with Crippen LogP contribution in [0.1, 0.15) is 115 Å². The molecule has 6 bridgehead atoms. The minimum atomic E-state index is -1.11. The van der Waals surface area contributed by atoms with Crippen molar-refractivity contribution in [1.29, 1.82) is 0 Å². The Morgan fingerprint density at radius 2 is 1.47 bits per heavy atom. The van der Waals surface area contributed by atoms with Crippen LogP contribution in [0.5, 0.6) is 5.75 Å². The first-order valence-electron chi connectivity index (χ1n) is 20.3. The van der Waals surface area contributed by atoms with E-state index in [0.29, 0.717) is 37.3 Å². The highest BCUT2D eigenvalue weighted by Crippen LogP contribution is 2.78. The van der Waals surface area contributed by atoms with Gasteiger partial charge in [-0.15, -0.1) is 0 Å². The largest absolute Gasteiger partial charge is 0.497 e. The zero-order chi connectivity index (χ0) is 35.6. The highest BCUT2D eigenvalue weighted by molar-refractivity contribution is 6.10. The number of Topliss-reactive ketones (excluding diaryl/α,β-unsaturated/α-hetero) is 1. The maximum absolute atomic E-state index is 14.9. The van der Waals surface area contributed by atoms with E-state index in [1.165, 1.54) is 38.5 Å². The molecule has 7 saturated carbocycles. The van der Waals surface area contributed by atoms with Crippen molar-refractivity contribution in [1.82, 2.24) is 4.90 Å². The van der Waals surface area contributed by atoms with Crippen LogP contribution in [0, 0.1) is 56.7 Å². The van der Waals surface area contributed by atoms with Gasteiger partial charge in [-0.25, -0.2) is 4.79 Å². The maximum atomic E-state index is 14.9. The Kier molecular flexibility index (Phi) is 7.65. The first-order chi connectivity index (χ1) is 24.3. The molecule has 7 heteroatoms. The molecular weight excluding hydrogens is 638 g/mol. The topological polar surface area (TPSA) is 96.3 Å². The Morgan fingerprint density at radius 3 is 2.12 bits per heavy atom. The summed E-state index contributed by atoms with van der Waals surface area (Å²) in [7, 11) is 1.64. The number of nitrogens with zero attached hydrogens (tertiary/aromatic N) is 1. The van der Waals surface area contributed by atoms with Crippen LogP contribution in [-0.4, -0.2) is 65.5 Å². The lowest BCUT2D eigenvalue weighted by atomic mass is 9.32. The molecule has 7 nitrogen and oxygen atoms in total. The van der Waals surface area contributed by atoms with Crippen molar-refractivity contribution in [2.75, 3.05) is 26.8 Å². The summed E-state index contributed by atoms with van der Waals surface area (Å²) < 4.78 is 11.2. The third-order valence-corrected chi connectivity index (χ3v) is 17.0. The smallest absolute Gasteiger partial charge is 0.409 e. The third kappa shape index (κ3) is 4.68. The predicted octanol–water partition coefficient (Wildman–Crippen LogP) is 8.14. The van der Waals surface area contributed by atoms with Gasteiger partial charge in [0.25, 0.3) is 0 Å². The third-order valence-electron chi connectivity index (χ3n) is 17.0. The molecule has 7 fully saturated rings. The number of hydrogen-bond acceptors (Lipinski definition) is 6. The van der Waals surface area contributed by atoms with Gasteiger partial charge in [0, 0.05) is 33.9 Å². The second-order valence-corrected chi connectivity index (χ2v) is 19.3. The minimum absolute atomic E-state index is 0.0315.